The summed E-state index contributed by atoms with van der Waals surface area (Å²) in [5.41, 5.74) is 4.72. The number of carbonyl (C=O) groups is 2. The summed E-state index contributed by atoms with van der Waals surface area (Å²) in [5.74, 6) is 1.38. The van der Waals surface area contributed by atoms with Crippen LogP contribution in [0.25, 0.3) is 0 Å². The number of methoxy groups -OCH3 is 1. The van der Waals surface area contributed by atoms with E-state index in [1.165, 1.54) is 6.92 Å². The number of esters is 1. The standard InChI is InChI=1S/C30H37N3O8/c1-7-21(35)31-11-20-23-17(27(41-15(4)34)14(3)28-29(23)40-12-39-28)10-18-24-22-16(8-13(2)26(38-6)25(22)36)9-19(32(24)5)30(37)33(18)20/h8,18-20,24,30,36-37H,7,9-12H2,1-6H3,(H,31,35)/t18?,19?,20-,24?,30-/m0/s1. The summed E-state index contributed by atoms with van der Waals surface area (Å²) in [6.45, 7) is 7.09. The molecule has 4 aliphatic rings. The second-order valence-electron chi connectivity index (χ2n) is 11.3. The smallest absolute Gasteiger partial charge is 0.308 e. The van der Waals surface area contributed by atoms with Crippen LogP contribution in [0, 0.1) is 13.8 Å². The fraction of sp³-hybridized carbons (Fsp3) is 0.533. The fourth-order valence-electron chi connectivity index (χ4n) is 7.46. The molecule has 1 saturated heterocycles. The Hall–Kier alpha value is -3.54. The quantitative estimate of drug-likeness (QED) is 0.366. The van der Waals surface area contributed by atoms with E-state index < -0.39 is 18.2 Å². The van der Waals surface area contributed by atoms with Gasteiger partial charge in [0.2, 0.25) is 12.7 Å². The minimum Gasteiger partial charge on any atom is -0.504 e. The lowest BCUT2D eigenvalue weighted by Gasteiger charge is -2.60. The highest BCUT2D eigenvalue weighted by Crippen LogP contribution is 2.58. The van der Waals surface area contributed by atoms with Crippen molar-refractivity contribution in [1.29, 1.82) is 0 Å². The van der Waals surface area contributed by atoms with E-state index >= 15 is 0 Å². The summed E-state index contributed by atoms with van der Waals surface area (Å²) >= 11 is 0. The molecule has 220 valence electrons. The van der Waals surface area contributed by atoms with Gasteiger partial charge in [-0.25, -0.2) is 0 Å². The second-order valence-corrected chi connectivity index (χ2v) is 11.3. The van der Waals surface area contributed by atoms with Gasteiger partial charge >= 0.3 is 5.97 Å². The van der Waals surface area contributed by atoms with Crippen molar-refractivity contribution >= 4 is 11.9 Å². The monoisotopic (exact) mass is 567 g/mol. The number of hydrogen-bond acceptors (Lipinski definition) is 10. The minimum absolute atomic E-state index is 0.0144. The molecule has 1 amide bonds. The van der Waals surface area contributed by atoms with Gasteiger partial charge in [0.05, 0.1) is 25.2 Å². The van der Waals surface area contributed by atoms with Crippen molar-refractivity contribution in [3.63, 3.8) is 0 Å². The molecule has 4 aliphatic heterocycles. The number of aromatic hydroxyl groups is 1. The number of amides is 1. The number of aliphatic hydroxyl groups is 1. The van der Waals surface area contributed by atoms with Crippen LogP contribution in [-0.4, -0.2) is 77.7 Å². The van der Waals surface area contributed by atoms with E-state index in [-0.39, 0.29) is 43.1 Å². The molecular weight excluding hydrogens is 530 g/mol. The van der Waals surface area contributed by atoms with E-state index in [4.69, 9.17) is 18.9 Å². The van der Waals surface area contributed by atoms with Crippen molar-refractivity contribution in [2.45, 2.75) is 77.4 Å². The second kappa shape index (κ2) is 10.1. The zero-order valence-corrected chi connectivity index (χ0v) is 24.2. The van der Waals surface area contributed by atoms with Gasteiger partial charge in [0.25, 0.3) is 0 Å². The Kier molecular flexibility index (Phi) is 6.79. The Morgan fingerprint density at radius 1 is 1.12 bits per heavy atom. The van der Waals surface area contributed by atoms with Crippen LogP contribution in [0.5, 0.6) is 28.7 Å². The van der Waals surface area contributed by atoms with E-state index in [9.17, 15) is 19.8 Å². The minimum atomic E-state index is -0.896. The van der Waals surface area contributed by atoms with E-state index in [0.717, 1.165) is 27.8 Å². The Morgan fingerprint density at radius 2 is 1.85 bits per heavy atom. The van der Waals surface area contributed by atoms with Crippen LogP contribution in [0.2, 0.25) is 0 Å². The first-order valence-electron chi connectivity index (χ1n) is 14.1. The molecule has 0 spiro atoms. The van der Waals surface area contributed by atoms with Crippen LogP contribution in [0.4, 0.5) is 0 Å². The van der Waals surface area contributed by atoms with Gasteiger partial charge in [-0.2, -0.15) is 0 Å². The highest BCUT2D eigenvalue weighted by molar-refractivity contribution is 5.76. The number of phenols is 1. The maximum atomic E-state index is 12.5. The molecule has 2 aromatic carbocycles. The van der Waals surface area contributed by atoms with Crippen LogP contribution in [0.1, 0.15) is 65.7 Å². The zero-order valence-electron chi connectivity index (χ0n) is 24.2. The van der Waals surface area contributed by atoms with Crippen molar-refractivity contribution in [3.05, 3.63) is 39.4 Å². The van der Waals surface area contributed by atoms with Crippen molar-refractivity contribution in [1.82, 2.24) is 15.1 Å². The number of phenolic OH excluding ortho intramolecular Hbond substituents is 1. The largest absolute Gasteiger partial charge is 0.504 e. The third-order valence-electron chi connectivity index (χ3n) is 9.16. The summed E-state index contributed by atoms with van der Waals surface area (Å²) < 4.78 is 23.2. The highest BCUT2D eigenvalue weighted by Gasteiger charge is 2.56. The molecular formula is C30H37N3O8. The molecule has 41 heavy (non-hydrogen) atoms. The summed E-state index contributed by atoms with van der Waals surface area (Å²) in [4.78, 5) is 29.0. The number of ether oxygens (including phenoxy) is 4. The first-order valence-corrected chi connectivity index (χ1v) is 14.1. The molecule has 0 aromatic heterocycles. The van der Waals surface area contributed by atoms with E-state index in [0.29, 0.717) is 47.8 Å². The summed E-state index contributed by atoms with van der Waals surface area (Å²) in [6, 6.07) is 0.564. The lowest BCUT2D eigenvalue weighted by molar-refractivity contribution is -0.172. The third kappa shape index (κ3) is 4.04. The first kappa shape index (κ1) is 27.6. The Labute approximate surface area is 238 Å². The maximum absolute atomic E-state index is 12.5. The van der Waals surface area contributed by atoms with Crippen LogP contribution in [0.3, 0.4) is 0 Å². The zero-order chi connectivity index (χ0) is 29.3. The normalized spacial score (nSPS) is 26.1. The van der Waals surface area contributed by atoms with Crippen LogP contribution < -0.4 is 24.3 Å². The number of hydrogen-bond donors (Lipinski definition) is 3. The van der Waals surface area contributed by atoms with E-state index in [2.05, 4.69) is 10.2 Å². The summed E-state index contributed by atoms with van der Waals surface area (Å²) in [7, 11) is 3.51. The number of likely N-dealkylation sites (N-methyl/N-ethyl adjacent to an activating group) is 1. The van der Waals surface area contributed by atoms with Gasteiger partial charge in [0, 0.05) is 48.2 Å². The lowest BCUT2D eigenvalue weighted by Crippen LogP contribution is -2.69. The van der Waals surface area contributed by atoms with Gasteiger partial charge < -0.3 is 34.5 Å². The number of nitrogens with one attached hydrogen (secondary N) is 1. The van der Waals surface area contributed by atoms with Crippen molar-refractivity contribution in [2.75, 3.05) is 27.5 Å². The van der Waals surface area contributed by atoms with E-state index in [1.54, 1.807) is 14.0 Å². The molecule has 6 rings (SSSR count). The summed E-state index contributed by atoms with van der Waals surface area (Å²) in [6.07, 6.45) is 0.328. The van der Waals surface area contributed by atoms with Crippen LogP contribution >= 0.6 is 0 Å². The van der Waals surface area contributed by atoms with Gasteiger partial charge in [-0.05, 0) is 44.9 Å². The molecule has 3 N–H and O–H groups in total. The molecule has 2 bridgehead atoms. The van der Waals surface area contributed by atoms with Crippen molar-refractivity contribution < 1.29 is 38.7 Å². The number of rotatable bonds is 5. The van der Waals surface area contributed by atoms with Gasteiger partial charge in [-0.15, -0.1) is 0 Å². The van der Waals surface area contributed by atoms with E-state index in [1.807, 2.05) is 31.9 Å². The number of piperazine rings is 1. The van der Waals surface area contributed by atoms with Crippen molar-refractivity contribution in [2.24, 2.45) is 0 Å². The molecule has 11 nitrogen and oxygen atoms in total. The molecule has 1 fully saturated rings. The number of nitrogens with zero attached hydrogens (tertiary/aromatic N) is 2. The van der Waals surface area contributed by atoms with Crippen LogP contribution in [0.15, 0.2) is 6.07 Å². The molecule has 0 aliphatic carbocycles. The number of benzene rings is 2. The Morgan fingerprint density at radius 3 is 2.54 bits per heavy atom. The molecule has 11 heteroatoms. The number of carbonyl (C=O) groups excluding carboxylic acids is 2. The summed E-state index contributed by atoms with van der Waals surface area (Å²) in [5, 5.41) is 26.6. The van der Waals surface area contributed by atoms with Gasteiger partial charge in [0.15, 0.2) is 23.0 Å². The molecule has 2 aromatic rings. The predicted octanol–water partition coefficient (Wildman–Crippen LogP) is 2.40. The van der Waals surface area contributed by atoms with Crippen molar-refractivity contribution in [3.8, 4) is 28.7 Å². The number of aryl methyl sites for hydroxylation is 1. The average molecular weight is 568 g/mol. The number of fused-ring (bicyclic) bond motifs is 9. The van der Waals surface area contributed by atoms with Crippen LogP contribution in [-0.2, 0) is 22.4 Å². The molecule has 4 heterocycles. The Bertz CT molecular complexity index is 1440. The average Bonchev–Trinajstić information content (AvgIpc) is 3.42. The number of aliphatic hydroxyl groups excluding tert-OH is 1. The Balaban J connectivity index is 1.59. The molecule has 5 atom stereocenters. The molecule has 3 unspecified atom stereocenters. The SMILES string of the molecule is CCC(=O)NC[C@H]1c2c(c(OC(C)=O)c(C)c3c2OCO3)CC2C3c4c(cc(C)c(OC)c4O)CC([C@H](O)N21)N3C. The molecule has 0 saturated carbocycles. The topological polar surface area (TPSA) is 130 Å². The maximum Gasteiger partial charge on any atom is 0.308 e. The van der Waals surface area contributed by atoms with Gasteiger partial charge in [0.1, 0.15) is 12.0 Å². The highest BCUT2D eigenvalue weighted by atomic mass is 16.7. The predicted molar refractivity (Wildman–Crippen MR) is 147 cm³/mol. The van der Waals surface area contributed by atoms with Gasteiger partial charge in [-0.1, -0.05) is 13.0 Å². The fourth-order valence-corrected chi connectivity index (χ4v) is 7.46. The van der Waals surface area contributed by atoms with Gasteiger partial charge in [-0.3, -0.25) is 19.4 Å². The third-order valence-corrected chi connectivity index (χ3v) is 9.16. The molecule has 0 radical (unpaired) electrons. The lowest BCUT2D eigenvalue weighted by atomic mass is 9.73. The first-order chi connectivity index (χ1) is 19.6.